The fraction of sp³-hybridized carbons (Fsp3) is 0.385. The van der Waals surface area contributed by atoms with Crippen molar-refractivity contribution in [1.82, 2.24) is 5.43 Å². The molecule has 0 unspecified atom stereocenters. The van der Waals surface area contributed by atoms with E-state index >= 15 is 0 Å². The van der Waals surface area contributed by atoms with Gasteiger partial charge in [0.1, 0.15) is 0 Å². The van der Waals surface area contributed by atoms with E-state index in [0.717, 1.165) is 16.8 Å². The Bertz CT molecular complexity index is 509. The average molecular weight is 247 g/mol. The molecule has 0 fully saturated rings. The first-order valence-electron chi connectivity index (χ1n) is 5.89. The molecule has 0 saturated heterocycles. The van der Waals surface area contributed by atoms with E-state index in [0.29, 0.717) is 12.8 Å². The Labute approximate surface area is 106 Å². The molecule has 0 aliphatic carbocycles. The molecule has 0 aromatic heterocycles. The summed E-state index contributed by atoms with van der Waals surface area (Å²) in [5, 5.41) is 2.82. The van der Waals surface area contributed by atoms with Crippen molar-refractivity contribution in [2.45, 2.75) is 32.1 Å². The molecule has 1 aliphatic heterocycles. The molecule has 4 N–H and O–H groups in total. The quantitative estimate of drug-likeness (QED) is 0.411. The third-order valence-corrected chi connectivity index (χ3v) is 3.42. The van der Waals surface area contributed by atoms with E-state index in [9.17, 15) is 9.59 Å². The van der Waals surface area contributed by atoms with E-state index in [1.165, 1.54) is 0 Å². The summed E-state index contributed by atoms with van der Waals surface area (Å²) in [5.74, 6) is 5.00. The molecule has 1 aliphatic rings. The number of fused-ring (bicyclic) bond motifs is 1. The van der Waals surface area contributed by atoms with Crippen molar-refractivity contribution < 1.29 is 9.59 Å². The van der Waals surface area contributed by atoms with Crippen molar-refractivity contribution in [3.8, 4) is 0 Å². The highest BCUT2D eigenvalue weighted by Gasteiger charge is 2.30. The number of hydrogen-bond acceptors (Lipinski definition) is 3. The number of anilines is 1. The number of nitrogens with one attached hydrogen (secondary N) is 2. The topological polar surface area (TPSA) is 84.2 Å². The van der Waals surface area contributed by atoms with Crippen LogP contribution in [-0.4, -0.2) is 11.8 Å². The van der Waals surface area contributed by atoms with Crippen LogP contribution in [-0.2, 0) is 21.4 Å². The van der Waals surface area contributed by atoms with Crippen LogP contribution in [0.15, 0.2) is 18.2 Å². The Hall–Kier alpha value is -1.88. The fourth-order valence-electron chi connectivity index (χ4n) is 2.08. The molecule has 0 bridgehead atoms. The molecule has 96 valence electrons. The number of nitrogens with two attached hydrogens (primary N) is 1. The van der Waals surface area contributed by atoms with Crippen LogP contribution in [0.25, 0.3) is 0 Å². The lowest BCUT2D eigenvalue weighted by molar-refractivity contribution is -0.125. The maximum atomic E-state index is 11.7. The Morgan fingerprint density at radius 2 is 2.11 bits per heavy atom. The highest BCUT2D eigenvalue weighted by atomic mass is 16.2. The number of aryl methyl sites for hydroxylation is 1. The summed E-state index contributed by atoms with van der Waals surface area (Å²) in [6.07, 6.45) is 1.19. The normalized spacial score (nSPS) is 14.7. The monoisotopic (exact) mass is 247 g/mol. The lowest BCUT2D eigenvalue weighted by Crippen LogP contribution is -2.43. The van der Waals surface area contributed by atoms with Gasteiger partial charge in [-0.3, -0.25) is 15.0 Å². The summed E-state index contributed by atoms with van der Waals surface area (Å²) in [5.41, 5.74) is 4.27. The molecule has 1 aromatic carbocycles. The SMILES string of the molecule is CC(C)(C(=O)NN)c1ccc2c(c1)CCC(=O)N2. The van der Waals surface area contributed by atoms with Crippen molar-refractivity contribution in [2.24, 2.45) is 5.84 Å². The zero-order valence-corrected chi connectivity index (χ0v) is 10.5. The first-order chi connectivity index (χ1) is 8.45. The molecule has 0 spiro atoms. The minimum atomic E-state index is -0.689. The smallest absolute Gasteiger partial charge is 0.243 e. The molecule has 0 radical (unpaired) electrons. The lowest BCUT2D eigenvalue weighted by atomic mass is 9.82. The molecule has 5 heteroatoms. The van der Waals surface area contributed by atoms with E-state index in [4.69, 9.17) is 5.84 Å². The summed E-state index contributed by atoms with van der Waals surface area (Å²) in [6, 6.07) is 5.65. The molecule has 5 nitrogen and oxygen atoms in total. The first-order valence-corrected chi connectivity index (χ1v) is 5.89. The molecule has 0 saturated carbocycles. The number of benzene rings is 1. The van der Waals surface area contributed by atoms with Gasteiger partial charge in [-0.1, -0.05) is 12.1 Å². The van der Waals surface area contributed by atoms with E-state index in [1.807, 2.05) is 32.0 Å². The van der Waals surface area contributed by atoms with Gasteiger partial charge in [0.15, 0.2) is 0 Å². The van der Waals surface area contributed by atoms with Gasteiger partial charge in [-0.25, -0.2) is 5.84 Å². The molecular weight excluding hydrogens is 230 g/mol. The average Bonchev–Trinajstić information content (AvgIpc) is 2.36. The molecule has 1 heterocycles. The van der Waals surface area contributed by atoms with Gasteiger partial charge in [-0.2, -0.15) is 0 Å². The Morgan fingerprint density at radius 3 is 2.78 bits per heavy atom. The number of hydrazine groups is 1. The van der Waals surface area contributed by atoms with Gasteiger partial charge < -0.3 is 5.32 Å². The number of amides is 2. The summed E-state index contributed by atoms with van der Waals surface area (Å²) >= 11 is 0. The zero-order valence-electron chi connectivity index (χ0n) is 10.5. The van der Waals surface area contributed by atoms with Crippen LogP contribution in [0.3, 0.4) is 0 Å². The minimum Gasteiger partial charge on any atom is -0.326 e. The maximum absolute atomic E-state index is 11.7. The summed E-state index contributed by atoms with van der Waals surface area (Å²) in [7, 11) is 0. The second-order valence-electron chi connectivity index (χ2n) is 5.02. The van der Waals surface area contributed by atoms with Crippen molar-refractivity contribution in [3.63, 3.8) is 0 Å². The van der Waals surface area contributed by atoms with Gasteiger partial charge in [-0.05, 0) is 37.5 Å². The van der Waals surface area contributed by atoms with Crippen LogP contribution in [0.1, 0.15) is 31.4 Å². The second-order valence-corrected chi connectivity index (χ2v) is 5.02. The van der Waals surface area contributed by atoms with Crippen molar-refractivity contribution >= 4 is 17.5 Å². The molecule has 18 heavy (non-hydrogen) atoms. The number of rotatable bonds is 2. The van der Waals surface area contributed by atoms with Crippen LogP contribution in [0.5, 0.6) is 0 Å². The molecule has 2 amide bonds. The van der Waals surface area contributed by atoms with Crippen molar-refractivity contribution in [1.29, 1.82) is 0 Å². The lowest BCUT2D eigenvalue weighted by Gasteiger charge is -2.25. The first kappa shape index (κ1) is 12.6. The maximum Gasteiger partial charge on any atom is 0.243 e. The van der Waals surface area contributed by atoms with E-state index in [-0.39, 0.29) is 11.8 Å². The second kappa shape index (κ2) is 4.42. The van der Waals surface area contributed by atoms with Gasteiger partial charge in [0.05, 0.1) is 5.41 Å². The molecule has 0 atom stereocenters. The number of hydrogen-bond donors (Lipinski definition) is 3. The van der Waals surface area contributed by atoms with Crippen molar-refractivity contribution in [3.05, 3.63) is 29.3 Å². The van der Waals surface area contributed by atoms with Gasteiger partial charge in [0.25, 0.3) is 0 Å². The third-order valence-electron chi connectivity index (χ3n) is 3.42. The van der Waals surface area contributed by atoms with Crippen LogP contribution in [0.2, 0.25) is 0 Å². The Balaban J connectivity index is 2.37. The van der Waals surface area contributed by atoms with E-state index in [1.54, 1.807) is 0 Å². The van der Waals surface area contributed by atoms with Crippen molar-refractivity contribution in [2.75, 3.05) is 5.32 Å². The zero-order chi connectivity index (χ0) is 13.3. The van der Waals surface area contributed by atoms with Crippen LogP contribution < -0.4 is 16.6 Å². The predicted octanol–water partition coefficient (Wildman–Crippen LogP) is 0.839. The minimum absolute atomic E-state index is 0.0363. The number of carbonyl (C=O) groups is 2. The standard InChI is InChI=1S/C13H17N3O2/c1-13(2,12(18)16-14)9-4-5-10-8(7-9)3-6-11(17)15-10/h4-5,7H,3,6,14H2,1-2H3,(H,15,17)(H,16,18). The van der Waals surface area contributed by atoms with Crippen LogP contribution in [0.4, 0.5) is 5.69 Å². The highest BCUT2D eigenvalue weighted by molar-refractivity contribution is 5.94. The van der Waals surface area contributed by atoms with Gasteiger partial charge in [0, 0.05) is 12.1 Å². The molecule has 2 rings (SSSR count). The third kappa shape index (κ3) is 2.09. The Morgan fingerprint density at radius 1 is 1.39 bits per heavy atom. The highest BCUT2D eigenvalue weighted by Crippen LogP contribution is 2.30. The van der Waals surface area contributed by atoms with Crippen LogP contribution >= 0.6 is 0 Å². The van der Waals surface area contributed by atoms with Gasteiger partial charge >= 0.3 is 0 Å². The Kier molecular flexibility index (Phi) is 3.09. The summed E-state index contributed by atoms with van der Waals surface area (Å²) < 4.78 is 0. The van der Waals surface area contributed by atoms with Gasteiger partial charge in [-0.15, -0.1) is 0 Å². The van der Waals surface area contributed by atoms with E-state index in [2.05, 4.69) is 10.7 Å². The summed E-state index contributed by atoms with van der Waals surface area (Å²) in [4.78, 5) is 23.0. The fourth-order valence-corrected chi connectivity index (χ4v) is 2.08. The van der Waals surface area contributed by atoms with Crippen LogP contribution in [0, 0.1) is 0 Å². The predicted molar refractivity (Wildman–Crippen MR) is 68.7 cm³/mol. The largest absolute Gasteiger partial charge is 0.326 e. The molecule has 1 aromatic rings. The summed E-state index contributed by atoms with van der Waals surface area (Å²) in [6.45, 7) is 3.64. The van der Waals surface area contributed by atoms with Gasteiger partial charge in [0.2, 0.25) is 11.8 Å². The van der Waals surface area contributed by atoms with E-state index < -0.39 is 5.41 Å². The number of carbonyl (C=O) groups excluding carboxylic acids is 2. The molecular formula is C13H17N3O2.